The Hall–Kier alpha value is -1.61. The van der Waals surface area contributed by atoms with E-state index in [1.54, 1.807) is 0 Å². The Balaban J connectivity index is 1.68. The van der Waals surface area contributed by atoms with Crippen LogP contribution in [0.4, 0.5) is 0 Å². The molecule has 0 radical (unpaired) electrons. The van der Waals surface area contributed by atoms with E-state index in [-0.39, 0.29) is 11.8 Å². The van der Waals surface area contributed by atoms with Gasteiger partial charge in [-0.2, -0.15) is 0 Å². The second-order valence-corrected chi connectivity index (χ2v) is 6.93. The Morgan fingerprint density at radius 3 is 2.73 bits per heavy atom. The van der Waals surface area contributed by atoms with Gasteiger partial charge in [0.1, 0.15) is 0 Å². The molecule has 3 heteroatoms. The van der Waals surface area contributed by atoms with Crippen LogP contribution in [0.25, 0.3) is 0 Å². The van der Waals surface area contributed by atoms with Crippen molar-refractivity contribution in [2.45, 2.75) is 26.3 Å². The molecule has 0 aromatic heterocycles. The van der Waals surface area contributed by atoms with Crippen molar-refractivity contribution in [3.05, 3.63) is 69.7 Å². The first kappa shape index (κ1) is 15.3. The fourth-order valence-corrected chi connectivity index (χ4v) is 3.49. The summed E-state index contributed by atoms with van der Waals surface area (Å²) in [6.45, 7) is 3.59. The van der Waals surface area contributed by atoms with Gasteiger partial charge in [0.2, 0.25) is 5.91 Å². The van der Waals surface area contributed by atoms with Crippen LogP contribution in [0.3, 0.4) is 0 Å². The standard InChI is InChI=1S/C19H20BrNO/c1-14(11-15-5-3-2-4-6-15)19(22)21-10-9-16-7-8-18(20)12-17(16)13-21/h2-8,12,14H,9-11,13H2,1H3/t14-/m1/s1. The van der Waals surface area contributed by atoms with Crippen molar-refractivity contribution in [3.63, 3.8) is 0 Å². The second-order valence-electron chi connectivity index (χ2n) is 6.01. The molecule has 1 atom stereocenters. The lowest BCUT2D eigenvalue weighted by Gasteiger charge is -2.31. The van der Waals surface area contributed by atoms with Crippen LogP contribution < -0.4 is 0 Å². The van der Waals surface area contributed by atoms with Gasteiger partial charge in [0.25, 0.3) is 0 Å². The first-order chi connectivity index (χ1) is 10.6. The fraction of sp³-hybridized carbons (Fsp3) is 0.316. The molecule has 0 aliphatic carbocycles. The maximum Gasteiger partial charge on any atom is 0.226 e. The van der Waals surface area contributed by atoms with Crippen LogP contribution in [0.5, 0.6) is 0 Å². The average Bonchev–Trinajstić information content (AvgIpc) is 2.54. The highest BCUT2D eigenvalue weighted by Gasteiger charge is 2.24. The molecule has 0 spiro atoms. The summed E-state index contributed by atoms with van der Waals surface area (Å²) in [7, 11) is 0. The van der Waals surface area contributed by atoms with Gasteiger partial charge in [-0.05, 0) is 41.7 Å². The van der Waals surface area contributed by atoms with E-state index in [0.29, 0.717) is 0 Å². The van der Waals surface area contributed by atoms with Gasteiger partial charge in [-0.3, -0.25) is 4.79 Å². The van der Waals surface area contributed by atoms with E-state index in [2.05, 4.69) is 46.3 Å². The molecule has 114 valence electrons. The molecule has 22 heavy (non-hydrogen) atoms. The summed E-state index contributed by atoms with van der Waals surface area (Å²) in [5, 5.41) is 0. The normalized spacial score (nSPS) is 15.3. The highest BCUT2D eigenvalue weighted by molar-refractivity contribution is 9.10. The van der Waals surface area contributed by atoms with Crippen molar-refractivity contribution < 1.29 is 4.79 Å². The van der Waals surface area contributed by atoms with Crippen LogP contribution >= 0.6 is 15.9 Å². The van der Waals surface area contributed by atoms with E-state index in [4.69, 9.17) is 0 Å². The molecular formula is C19H20BrNO. The highest BCUT2D eigenvalue weighted by atomic mass is 79.9. The molecule has 0 saturated heterocycles. The van der Waals surface area contributed by atoms with Gasteiger partial charge in [0.05, 0.1) is 0 Å². The SMILES string of the molecule is C[C@H](Cc1ccccc1)C(=O)N1CCc2ccc(Br)cc2C1. The predicted molar refractivity (Wildman–Crippen MR) is 92.6 cm³/mol. The zero-order valence-electron chi connectivity index (χ0n) is 12.8. The summed E-state index contributed by atoms with van der Waals surface area (Å²) in [5.41, 5.74) is 3.85. The van der Waals surface area contributed by atoms with Crippen molar-refractivity contribution in [1.29, 1.82) is 0 Å². The highest BCUT2D eigenvalue weighted by Crippen LogP contribution is 2.24. The summed E-state index contributed by atoms with van der Waals surface area (Å²) >= 11 is 3.52. The van der Waals surface area contributed by atoms with Crippen LogP contribution in [-0.4, -0.2) is 17.4 Å². The Morgan fingerprint density at radius 1 is 1.18 bits per heavy atom. The lowest BCUT2D eigenvalue weighted by Crippen LogP contribution is -2.39. The molecule has 2 aromatic carbocycles. The summed E-state index contributed by atoms with van der Waals surface area (Å²) in [5.74, 6) is 0.283. The fourth-order valence-electron chi connectivity index (χ4n) is 3.08. The molecule has 1 aliphatic heterocycles. The van der Waals surface area contributed by atoms with Crippen LogP contribution in [0, 0.1) is 5.92 Å². The average molecular weight is 358 g/mol. The number of halogens is 1. The number of hydrogen-bond donors (Lipinski definition) is 0. The molecule has 1 aliphatic rings. The maximum atomic E-state index is 12.7. The second kappa shape index (κ2) is 6.66. The molecule has 1 amide bonds. The Kier molecular flexibility index (Phi) is 4.63. The molecule has 2 nitrogen and oxygen atoms in total. The van der Waals surface area contributed by atoms with Gasteiger partial charge in [-0.25, -0.2) is 0 Å². The van der Waals surface area contributed by atoms with E-state index in [1.165, 1.54) is 16.7 Å². The summed E-state index contributed by atoms with van der Waals surface area (Å²) in [4.78, 5) is 14.7. The van der Waals surface area contributed by atoms with Gasteiger partial charge < -0.3 is 4.90 Å². The number of nitrogens with zero attached hydrogens (tertiary/aromatic N) is 1. The summed E-state index contributed by atoms with van der Waals surface area (Å²) < 4.78 is 1.08. The minimum Gasteiger partial charge on any atom is -0.338 e. The molecule has 0 N–H and O–H groups in total. The van der Waals surface area contributed by atoms with Crippen molar-refractivity contribution >= 4 is 21.8 Å². The lowest BCUT2D eigenvalue weighted by atomic mass is 9.96. The zero-order valence-corrected chi connectivity index (χ0v) is 14.3. The van der Waals surface area contributed by atoms with E-state index in [0.717, 1.165) is 30.4 Å². The molecule has 0 unspecified atom stereocenters. The first-order valence-corrected chi connectivity index (χ1v) is 8.53. The first-order valence-electron chi connectivity index (χ1n) is 7.73. The van der Waals surface area contributed by atoms with Crippen LogP contribution in [0.2, 0.25) is 0 Å². The Bertz CT molecular complexity index is 668. The van der Waals surface area contributed by atoms with Crippen molar-refractivity contribution in [3.8, 4) is 0 Å². The third-order valence-corrected chi connectivity index (χ3v) is 4.79. The van der Waals surface area contributed by atoms with Crippen LogP contribution in [0.15, 0.2) is 53.0 Å². The van der Waals surface area contributed by atoms with Gasteiger partial charge in [-0.15, -0.1) is 0 Å². The van der Waals surface area contributed by atoms with Gasteiger partial charge in [0, 0.05) is 23.5 Å². The Morgan fingerprint density at radius 2 is 1.95 bits per heavy atom. The minimum atomic E-state index is 0.0242. The van der Waals surface area contributed by atoms with Crippen molar-refractivity contribution in [1.82, 2.24) is 4.90 Å². The molecular weight excluding hydrogens is 338 g/mol. The van der Waals surface area contributed by atoms with Crippen LogP contribution in [0.1, 0.15) is 23.6 Å². The number of carbonyl (C=O) groups excluding carboxylic acids is 1. The molecule has 0 fully saturated rings. The smallest absolute Gasteiger partial charge is 0.226 e. The van der Waals surface area contributed by atoms with Crippen LogP contribution in [-0.2, 0) is 24.2 Å². The third-order valence-electron chi connectivity index (χ3n) is 4.30. The number of amides is 1. The topological polar surface area (TPSA) is 20.3 Å². The van der Waals surface area contributed by atoms with E-state index in [9.17, 15) is 4.79 Å². The summed E-state index contributed by atoms with van der Waals surface area (Å²) in [6, 6.07) is 16.6. The minimum absolute atomic E-state index is 0.0242. The van der Waals surface area contributed by atoms with Crippen molar-refractivity contribution in [2.75, 3.05) is 6.54 Å². The molecule has 0 saturated carbocycles. The third kappa shape index (κ3) is 3.41. The van der Waals surface area contributed by atoms with Crippen molar-refractivity contribution in [2.24, 2.45) is 5.92 Å². The lowest BCUT2D eigenvalue weighted by molar-refractivity contribution is -0.135. The van der Waals surface area contributed by atoms with Gasteiger partial charge >= 0.3 is 0 Å². The number of carbonyl (C=O) groups is 1. The van der Waals surface area contributed by atoms with E-state index < -0.39 is 0 Å². The zero-order chi connectivity index (χ0) is 15.5. The molecule has 3 rings (SSSR count). The number of benzene rings is 2. The Labute approximate surface area is 140 Å². The molecule has 2 aromatic rings. The molecule has 0 bridgehead atoms. The number of hydrogen-bond acceptors (Lipinski definition) is 1. The number of fused-ring (bicyclic) bond motifs is 1. The number of rotatable bonds is 3. The van der Waals surface area contributed by atoms with E-state index >= 15 is 0 Å². The maximum absolute atomic E-state index is 12.7. The monoisotopic (exact) mass is 357 g/mol. The van der Waals surface area contributed by atoms with E-state index in [1.807, 2.05) is 30.0 Å². The predicted octanol–water partition coefficient (Wildman–Crippen LogP) is 4.21. The largest absolute Gasteiger partial charge is 0.338 e. The molecule has 1 heterocycles. The summed E-state index contributed by atoms with van der Waals surface area (Å²) in [6.07, 6.45) is 1.76. The van der Waals surface area contributed by atoms with Gasteiger partial charge in [-0.1, -0.05) is 59.3 Å². The van der Waals surface area contributed by atoms with Gasteiger partial charge in [0.15, 0.2) is 0 Å². The quantitative estimate of drug-likeness (QED) is 0.805.